The standard InChI is InChI=1S/C16H16ClF2NO/c1-2-13(20)16(10-6-8-11(17)9-7-10)21-14-5-3-4-12(18)15(14)19/h3-9,13,16H,2,20H2,1H3. The maximum atomic E-state index is 13.7. The summed E-state index contributed by atoms with van der Waals surface area (Å²) < 4.78 is 32.6. The molecule has 112 valence electrons. The lowest BCUT2D eigenvalue weighted by atomic mass is 10.0. The minimum atomic E-state index is -1.01. The Labute approximate surface area is 127 Å². The van der Waals surface area contributed by atoms with Crippen molar-refractivity contribution in [2.75, 3.05) is 0 Å². The molecule has 0 aliphatic rings. The first kappa shape index (κ1) is 15.7. The molecule has 0 saturated heterocycles. The molecule has 2 atom stereocenters. The molecule has 0 heterocycles. The van der Waals surface area contributed by atoms with Crippen LogP contribution < -0.4 is 10.5 Å². The quantitative estimate of drug-likeness (QED) is 0.884. The highest BCUT2D eigenvalue weighted by Gasteiger charge is 2.22. The molecule has 0 spiro atoms. The summed E-state index contributed by atoms with van der Waals surface area (Å²) in [5, 5.41) is 0.583. The molecular weight excluding hydrogens is 296 g/mol. The number of rotatable bonds is 5. The van der Waals surface area contributed by atoms with Crippen molar-refractivity contribution in [2.24, 2.45) is 5.73 Å². The van der Waals surface area contributed by atoms with Crippen molar-refractivity contribution in [3.05, 3.63) is 64.7 Å². The minimum absolute atomic E-state index is 0.154. The van der Waals surface area contributed by atoms with E-state index in [1.807, 2.05) is 6.92 Å². The number of hydrogen-bond acceptors (Lipinski definition) is 2. The maximum Gasteiger partial charge on any atom is 0.200 e. The summed E-state index contributed by atoms with van der Waals surface area (Å²) in [6.45, 7) is 1.90. The third kappa shape index (κ3) is 3.71. The lowest BCUT2D eigenvalue weighted by molar-refractivity contribution is 0.162. The highest BCUT2D eigenvalue weighted by molar-refractivity contribution is 6.30. The zero-order chi connectivity index (χ0) is 15.4. The SMILES string of the molecule is CCC(N)C(Oc1cccc(F)c1F)c1ccc(Cl)cc1. The van der Waals surface area contributed by atoms with E-state index in [-0.39, 0.29) is 11.8 Å². The van der Waals surface area contributed by atoms with Gasteiger partial charge in [0.05, 0.1) is 0 Å². The van der Waals surface area contributed by atoms with Crippen molar-refractivity contribution in [3.8, 4) is 5.75 Å². The minimum Gasteiger partial charge on any atom is -0.481 e. The summed E-state index contributed by atoms with van der Waals surface area (Å²) in [5.41, 5.74) is 6.81. The first-order valence-electron chi connectivity index (χ1n) is 6.64. The van der Waals surface area contributed by atoms with Crippen LogP contribution in [-0.4, -0.2) is 6.04 Å². The van der Waals surface area contributed by atoms with Gasteiger partial charge in [-0.05, 0) is 36.2 Å². The van der Waals surface area contributed by atoms with Crippen LogP contribution in [0.1, 0.15) is 25.0 Å². The second kappa shape index (κ2) is 6.87. The summed E-state index contributed by atoms with van der Waals surface area (Å²) in [5.74, 6) is -2.12. The van der Waals surface area contributed by atoms with Gasteiger partial charge in [-0.25, -0.2) is 4.39 Å². The van der Waals surface area contributed by atoms with Crippen molar-refractivity contribution in [3.63, 3.8) is 0 Å². The molecule has 0 bridgehead atoms. The fourth-order valence-corrected chi connectivity index (χ4v) is 2.11. The van der Waals surface area contributed by atoms with E-state index >= 15 is 0 Å². The third-order valence-electron chi connectivity index (χ3n) is 3.23. The monoisotopic (exact) mass is 311 g/mol. The summed E-state index contributed by atoms with van der Waals surface area (Å²) >= 11 is 5.85. The Hall–Kier alpha value is -1.65. The first-order chi connectivity index (χ1) is 10.0. The normalized spacial score (nSPS) is 13.8. The molecule has 0 saturated carbocycles. The zero-order valence-corrected chi connectivity index (χ0v) is 12.3. The van der Waals surface area contributed by atoms with Crippen molar-refractivity contribution in [1.82, 2.24) is 0 Å². The van der Waals surface area contributed by atoms with Gasteiger partial charge in [0, 0.05) is 11.1 Å². The van der Waals surface area contributed by atoms with Gasteiger partial charge in [-0.1, -0.05) is 36.7 Å². The average Bonchev–Trinajstić information content (AvgIpc) is 2.49. The summed E-state index contributed by atoms with van der Waals surface area (Å²) in [7, 11) is 0. The smallest absolute Gasteiger partial charge is 0.200 e. The van der Waals surface area contributed by atoms with E-state index in [9.17, 15) is 8.78 Å². The molecule has 2 unspecified atom stereocenters. The molecule has 0 aromatic heterocycles. The van der Waals surface area contributed by atoms with Gasteiger partial charge >= 0.3 is 0 Å². The Bertz CT molecular complexity index is 604. The van der Waals surface area contributed by atoms with Gasteiger partial charge in [0.15, 0.2) is 11.6 Å². The third-order valence-corrected chi connectivity index (χ3v) is 3.48. The lowest BCUT2D eigenvalue weighted by Gasteiger charge is -2.25. The van der Waals surface area contributed by atoms with Gasteiger partial charge in [-0.2, -0.15) is 4.39 Å². The van der Waals surface area contributed by atoms with Crippen LogP contribution in [-0.2, 0) is 0 Å². The van der Waals surface area contributed by atoms with Crippen LogP contribution in [0, 0.1) is 11.6 Å². The topological polar surface area (TPSA) is 35.2 Å². The molecule has 0 fully saturated rings. The van der Waals surface area contributed by atoms with Crippen LogP contribution in [0.2, 0.25) is 5.02 Å². The Morgan fingerprint density at radius 1 is 1.14 bits per heavy atom. The van der Waals surface area contributed by atoms with Crippen molar-refractivity contribution < 1.29 is 13.5 Å². The Kier molecular flexibility index (Phi) is 5.15. The van der Waals surface area contributed by atoms with Crippen molar-refractivity contribution in [2.45, 2.75) is 25.5 Å². The van der Waals surface area contributed by atoms with E-state index in [2.05, 4.69) is 0 Å². The van der Waals surface area contributed by atoms with Gasteiger partial charge < -0.3 is 10.5 Å². The van der Waals surface area contributed by atoms with Gasteiger partial charge in [0.1, 0.15) is 6.10 Å². The summed E-state index contributed by atoms with van der Waals surface area (Å²) in [4.78, 5) is 0. The number of hydrogen-bond donors (Lipinski definition) is 1. The molecule has 0 aliphatic carbocycles. The van der Waals surface area contributed by atoms with E-state index in [1.54, 1.807) is 24.3 Å². The first-order valence-corrected chi connectivity index (χ1v) is 7.02. The van der Waals surface area contributed by atoms with E-state index in [4.69, 9.17) is 22.1 Å². The van der Waals surface area contributed by atoms with Gasteiger partial charge in [-0.3, -0.25) is 0 Å². The Morgan fingerprint density at radius 3 is 2.43 bits per heavy atom. The largest absolute Gasteiger partial charge is 0.481 e. The fourth-order valence-electron chi connectivity index (χ4n) is 1.98. The van der Waals surface area contributed by atoms with Crippen molar-refractivity contribution >= 4 is 11.6 Å². The second-order valence-corrected chi connectivity index (χ2v) is 5.15. The highest BCUT2D eigenvalue weighted by Crippen LogP contribution is 2.29. The lowest BCUT2D eigenvalue weighted by Crippen LogP contribution is -2.31. The summed E-state index contributed by atoms with van der Waals surface area (Å²) in [6.07, 6.45) is 0.0492. The molecule has 2 rings (SSSR count). The van der Waals surface area contributed by atoms with E-state index in [1.165, 1.54) is 12.1 Å². The van der Waals surface area contributed by atoms with Crippen LogP contribution in [0.25, 0.3) is 0 Å². The van der Waals surface area contributed by atoms with Gasteiger partial charge in [-0.15, -0.1) is 0 Å². The molecular formula is C16H16ClF2NO. The van der Waals surface area contributed by atoms with Crippen LogP contribution >= 0.6 is 11.6 Å². The number of halogens is 3. The van der Waals surface area contributed by atoms with Crippen LogP contribution in [0.15, 0.2) is 42.5 Å². The number of ether oxygens (including phenoxy) is 1. The molecule has 2 aromatic carbocycles. The highest BCUT2D eigenvalue weighted by atomic mass is 35.5. The van der Waals surface area contributed by atoms with Gasteiger partial charge in [0.25, 0.3) is 0 Å². The second-order valence-electron chi connectivity index (χ2n) is 4.71. The van der Waals surface area contributed by atoms with E-state index < -0.39 is 17.7 Å². The van der Waals surface area contributed by atoms with E-state index in [0.717, 1.165) is 11.6 Å². The molecule has 2 aromatic rings. The van der Waals surface area contributed by atoms with Crippen LogP contribution in [0.3, 0.4) is 0 Å². The Morgan fingerprint density at radius 2 is 1.81 bits per heavy atom. The average molecular weight is 312 g/mol. The fraction of sp³-hybridized carbons (Fsp3) is 0.250. The van der Waals surface area contributed by atoms with Crippen LogP contribution in [0.5, 0.6) is 5.75 Å². The van der Waals surface area contributed by atoms with Gasteiger partial charge in [0.2, 0.25) is 5.82 Å². The van der Waals surface area contributed by atoms with Crippen LogP contribution in [0.4, 0.5) is 8.78 Å². The predicted octanol–water partition coefficient (Wildman–Crippen LogP) is 4.48. The van der Waals surface area contributed by atoms with Crippen molar-refractivity contribution in [1.29, 1.82) is 0 Å². The van der Waals surface area contributed by atoms with E-state index in [0.29, 0.717) is 11.4 Å². The molecule has 0 aliphatic heterocycles. The molecule has 2 N–H and O–H groups in total. The number of benzene rings is 2. The maximum absolute atomic E-state index is 13.7. The predicted molar refractivity (Wildman–Crippen MR) is 79.4 cm³/mol. The summed E-state index contributed by atoms with van der Waals surface area (Å²) in [6, 6.07) is 10.4. The molecule has 21 heavy (non-hydrogen) atoms. The molecule has 5 heteroatoms. The zero-order valence-electron chi connectivity index (χ0n) is 11.5. The molecule has 2 nitrogen and oxygen atoms in total. The number of nitrogens with two attached hydrogens (primary N) is 1. The Balaban J connectivity index is 2.33. The molecule has 0 amide bonds. The molecule has 0 radical (unpaired) electrons.